The lowest BCUT2D eigenvalue weighted by atomic mass is 10.0. The van der Waals surface area contributed by atoms with Gasteiger partial charge >= 0.3 is 0 Å². The van der Waals surface area contributed by atoms with E-state index in [9.17, 15) is 0 Å². The molecule has 0 radical (unpaired) electrons. The molecule has 1 aliphatic heterocycles. The normalized spacial score (nSPS) is 15.6. The minimum Gasteiger partial charge on any atom is -0.310 e. The molecule has 3 aromatic rings. The van der Waals surface area contributed by atoms with Crippen molar-refractivity contribution in [1.29, 1.82) is 0 Å². The Labute approximate surface area is 188 Å². The molecule has 7 heteroatoms. The summed E-state index contributed by atoms with van der Waals surface area (Å²) in [4.78, 5) is 6.63. The maximum atomic E-state index is 6.67. The molecule has 1 saturated heterocycles. The van der Waals surface area contributed by atoms with Crippen molar-refractivity contribution >= 4 is 23.2 Å². The van der Waals surface area contributed by atoms with E-state index in [0.29, 0.717) is 16.2 Å². The molecule has 30 heavy (non-hydrogen) atoms. The van der Waals surface area contributed by atoms with Gasteiger partial charge in [-0.15, -0.1) is 0 Å². The van der Waals surface area contributed by atoms with Crippen molar-refractivity contribution in [2.75, 3.05) is 19.6 Å². The number of benzene rings is 1. The summed E-state index contributed by atoms with van der Waals surface area (Å²) in [7, 11) is 0. The van der Waals surface area contributed by atoms with Gasteiger partial charge in [-0.1, -0.05) is 35.3 Å². The molecular formula is C23H27Cl2N5. The number of para-hydroxylation sites is 1. The van der Waals surface area contributed by atoms with Crippen LogP contribution >= 0.6 is 23.2 Å². The topological polar surface area (TPSA) is 46.0 Å². The van der Waals surface area contributed by atoms with Crippen molar-refractivity contribution in [3.05, 3.63) is 75.8 Å². The highest BCUT2D eigenvalue weighted by atomic mass is 35.5. The largest absolute Gasteiger partial charge is 0.310 e. The first-order chi connectivity index (χ1) is 14.6. The number of likely N-dealkylation sites (tertiary alicyclic amines) is 1. The van der Waals surface area contributed by atoms with Crippen molar-refractivity contribution in [3.63, 3.8) is 0 Å². The fraction of sp³-hybridized carbons (Fsp3) is 0.391. The van der Waals surface area contributed by atoms with Crippen LogP contribution in [0, 0.1) is 6.92 Å². The van der Waals surface area contributed by atoms with Crippen LogP contribution in [0.2, 0.25) is 10.2 Å². The van der Waals surface area contributed by atoms with Gasteiger partial charge in [-0.25, -0.2) is 4.68 Å². The van der Waals surface area contributed by atoms with E-state index in [4.69, 9.17) is 23.2 Å². The maximum Gasteiger partial charge on any atom is 0.137 e. The lowest BCUT2D eigenvalue weighted by Gasteiger charge is -2.32. The van der Waals surface area contributed by atoms with Crippen LogP contribution in [0.3, 0.4) is 0 Å². The van der Waals surface area contributed by atoms with Crippen LogP contribution in [0.25, 0.3) is 5.69 Å². The first-order valence-electron chi connectivity index (χ1n) is 10.5. The Morgan fingerprint density at radius 1 is 1.07 bits per heavy atom. The minimum atomic E-state index is 0.501. The van der Waals surface area contributed by atoms with E-state index in [1.807, 2.05) is 43.6 Å². The number of nitrogens with zero attached hydrogens (tertiary/aromatic N) is 4. The quantitative estimate of drug-likeness (QED) is 0.575. The number of aromatic nitrogens is 3. The summed E-state index contributed by atoms with van der Waals surface area (Å²) in [5, 5.41) is 9.57. The van der Waals surface area contributed by atoms with Crippen LogP contribution in [0.4, 0.5) is 0 Å². The summed E-state index contributed by atoms with van der Waals surface area (Å²) in [5.74, 6) is 0. The van der Waals surface area contributed by atoms with Gasteiger partial charge in [0.1, 0.15) is 5.15 Å². The first-order valence-corrected chi connectivity index (χ1v) is 11.2. The Morgan fingerprint density at radius 3 is 2.53 bits per heavy atom. The molecule has 5 nitrogen and oxygen atoms in total. The molecule has 3 heterocycles. The molecule has 0 spiro atoms. The molecule has 4 rings (SSSR count). The summed E-state index contributed by atoms with van der Waals surface area (Å²) in [6.07, 6.45) is 7.10. The molecule has 1 aromatic carbocycles. The minimum absolute atomic E-state index is 0.501. The fourth-order valence-corrected chi connectivity index (χ4v) is 4.51. The number of nitrogens with one attached hydrogen (secondary N) is 1. The highest BCUT2D eigenvalue weighted by Gasteiger charge is 2.21. The predicted molar refractivity (Wildman–Crippen MR) is 123 cm³/mol. The maximum absolute atomic E-state index is 6.67. The Balaban J connectivity index is 1.29. The van der Waals surface area contributed by atoms with Gasteiger partial charge in [0.25, 0.3) is 0 Å². The lowest BCUT2D eigenvalue weighted by molar-refractivity contribution is 0.199. The summed E-state index contributed by atoms with van der Waals surface area (Å²) < 4.78 is 1.73. The second-order valence-electron chi connectivity index (χ2n) is 7.82. The monoisotopic (exact) mass is 443 g/mol. The van der Waals surface area contributed by atoms with Crippen LogP contribution in [-0.2, 0) is 13.0 Å². The van der Waals surface area contributed by atoms with E-state index >= 15 is 0 Å². The van der Waals surface area contributed by atoms with Crippen LogP contribution in [0.15, 0.2) is 48.8 Å². The SMILES string of the molecule is Cc1nn(-c2ccccc2Cl)c(Cl)c1CNC1CCN(CCc2ccncc2)CC1. The van der Waals surface area contributed by atoms with Crippen molar-refractivity contribution in [1.82, 2.24) is 25.0 Å². The Kier molecular flexibility index (Phi) is 7.05. The first kappa shape index (κ1) is 21.3. The van der Waals surface area contributed by atoms with E-state index in [-0.39, 0.29) is 0 Å². The number of piperidine rings is 1. The lowest BCUT2D eigenvalue weighted by Crippen LogP contribution is -2.42. The summed E-state index contributed by atoms with van der Waals surface area (Å²) in [6, 6.07) is 12.3. The highest BCUT2D eigenvalue weighted by Crippen LogP contribution is 2.27. The van der Waals surface area contributed by atoms with E-state index in [1.54, 1.807) is 4.68 Å². The van der Waals surface area contributed by atoms with Gasteiger partial charge < -0.3 is 10.2 Å². The van der Waals surface area contributed by atoms with Gasteiger partial charge in [-0.2, -0.15) is 5.10 Å². The van der Waals surface area contributed by atoms with Crippen molar-refractivity contribution in [3.8, 4) is 5.69 Å². The molecule has 158 valence electrons. The second-order valence-corrected chi connectivity index (χ2v) is 8.59. The van der Waals surface area contributed by atoms with E-state index in [1.165, 1.54) is 5.56 Å². The molecule has 2 aromatic heterocycles. The third-order valence-electron chi connectivity index (χ3n) is 5.82. The van der Waals surface area contributed by atoms with Gasteiger partial charge in [-0.3, -0.25) is 4.98 Å². The zero-order chi connectivity index (χ0) is 20.9. The van der Waals surface area contributed by atoms with Gasteiger partial charge in [0, 0.05) is 37.1 Å². The Morgan fingerprint density at radius 2 is 1.80 bits per heavy atom. The van der Waals surface area contributed by atoms with Gasteiger partial charge in [0.15, 0.2) is 0 Å². The smallest absolute Gasteiger partial charge is 0.137 e. The summed E-state index contributed by atoms with van der Waals surface area (Å²) in [5.41, 5.74) is 4.13. The molecule has 1 aliphatic rings. The number of rotatable bonds is 7. The third kappa shape index (κ3) is 5.03. The second kappa shape index (κ2) is 9.92. The van der Waals surface area contributed by atoms with Gasteiger partial charge in [0.2, 0.25) is 0 Å². The Hall–Kier alpha value is -1.92. The molecule has 0 saturated carbocycles. The highest BCUT2D eigenvalue weighted by molar-refractivity contribution is 6.33. The number of hydrogen-bond acceptors (Lipinski definition) is 4. The average Bonchev–Trinajstić information content (AvgIpc) is 3.06. The van der Waals surface area contributed by atoms with E-state index in [0.717, 1.165) is 62.4 Å². The number of aryl methyl sites for hydroxylation is 1. The number of pyridine rings is 1. The third-order valence-corrected chi connectivity index (χ3v) is 6.53. The van der Waals surface area contributed by atoms with Crippen LogP contribution in [0.5, 0.6) is 0 Å². The van der Waals surface area contributed by atoms with Crippen LogP contribution in [-0.4, -0.2) is 45.3 Å². The standard InChI is InChI=1S/C23H27Cl2N5/c1-17-20(23(25)30(28-17)22-5-3-2-4-21(22)24)16-27-19-9-14-29(15-10-19)13-8-18-6-11-26-12-7-18/h2-7,11-12,19,27H,8-10,13-16H2,1H3. The molecule has 0 unspecified atom stereocenters. The van der Waals surface area contributed by atoms with Crippen molar-refractivity contribution in [2.45, 2.75) is 38.8 Å². The summed E-state index contributed by atoms with van der Waals surface area (Å²) >= 11 is 13.0. The average molecular weight is 444 g/mol. The molecule has 1 N–H and O–H groups in total. The van der Waals surface area contributed by atoms with E-state index in [2.05, 4.69) is 32.4 Å². The zero-order valence-corrected chi connectivity index (χ0v) is 18.7. The molecule has 0 amide bonds. The van der Waals surface area contributed by atoms with E-state index < -0.39 is 0 Å². The zero-order valence-electron chi connectivity index (χ0n) is 17.2. The number of hydrogen-bond donors (Lipinski definition) is 1. The van der Waals surface area contributed by atoms with Gasteiger partial charge in [0.05, 0.1) is 16.4 Å². The Bertz CT molecular complexity index is 965. The molecule has 0 atom stereocenters. The molecule has 0 aliphatic carbocycles. The molecule has 1 fully saturated rings. The predicted octanol–water partition coefficient (Wildman–Crippen LogP) is 4.68. The molecule has 0 bridgehead atoms. The van der Waals surface area contributed by atoms with Crippen molar-refractivity contribution in [2.24, 2.45) is 0 Å². The van der Waals surface area contributed by atoms with Crippen LogP contribution < -0.4 is 5.32 Å². The fourth-order valence-electron chi connectivity index (χ4n) is 3.96. The van der Waals surface area contributed by atoms with Gasteiger partial charge in [-0.05, 0) is 69.1 Å². The van der Waals surface area contributed by atoms with Crippen molar-refractivity contribution < 1.29 is 0 Å². The number of halogens is 2. The summed E-state index contributed by atoms with van der Waals surface area (Å²) in [6.45, 7) is 6.06. The molecular weight excluding hydrogens is 417 g/mol. The van der Waals surface area contributed by atoms with Crippen LogP contribution in [0.1, 0.15) is 29.7 Å².